The van der Waals surface area contributed by atoms with Gasteiger partial charge < -0.3 is 25.0 Å². The lowest BCUT2D eigenvalue weighted by Crippen LogP contribution is -2.55. The van der Waals surface area contributed by atoms with Crippen LogP contribution in [-0.2, 0) is 19.7 Å². The van der Waals surface area contributed by atoms with E-state index in [2.05, 4.69) is 15.3 Å². The Morgan fingerprint density at radius 2 is 1.77 bits per heavy atom. The fourth-order valence-corrected chi connectivity index (χ4v) is 6.84. The molecule has 1 heterocycles. The fourth-order valence-electron chi connectivity index (χ4n) is 6.84. The number of ether oxygens (including phenoxy) is 2. The molecule has 6 rings (SSSR count). The van der Waals surface area contributed by atoms with Gasteiger partial charge in [-0.25, -0.2) is 27.9 Å². The van der Waals surface area contributed by atoms with E-state index < -0.39 is 70.5 Å². The molecule has 3 atom stereocenters. The molecule has 278 valence electrons. The number of aromatic hydroxyl groups is 1. The Labute approximate surface area is 295 Å². The van der Waals surface area contributed by atoms with Gasteiger partial charge in [0.25, 0.3) is 0 Å². The van der Waals surface area contributed by atoms with E-state index in [1.165, 1.54) is 19.4 Å². The number of aromatic nitrogens is 2. The Hall–Kier alpha value is -4.92. The summed E-state index contributed by atoms with van der Waals surface area (Å²) >= 11 is 0. The third kappa shape index (κ3) is 7.23. The first-order valence-electron chi connectivity index (χ1n) is 16.5. The summed E-state index contributed by atoms with van der Waals surface area (Å²) < 4.78 is 94.4. The summed E-state index contributed by atoms with van der Waals surface area (Å²) in [6.45, 7) is 4.98. The lowest BCUT2D eigenvalue weighted by atomic mass is 9.69. The van der Waals surface area contributed by atoms with Gasteiger partial charge in [-0.3, -0.25) is 4.79 Å². The molecule has 1 fully saturated rings. The average Bonchev–Trinajstić information content (AvgIpc) is 3.87. The molecule has 4 aromatic rings. The van der Waals surface area contributed by atoms with Crippen molar-refractivity contribution in [2.75, 3.05) is 19.0 Å². The molecule has 52 heavy (non-hydrogen) atoms. The Kier molecular flexibility index (Phi) is 10.8. The molecule has 0 aliphatic heterocycles. The van der Waals surface area contributed by atoms with Gasteiger partial charge in [-0.2, -0.15) is 13.2 Å². The number of methoxy groups -OCH3 is 1. The van der Waals surface area contributed by atoms with Gasteiger partial charge in [0, 0.05) is 46.3 Å². The maximum Gasteiger partial charge on any atom is 0.419 e. The number of para-hydroxylation sites is 1. The third-order valence-corrected chi connectivity index (χ3v) is 9.62. The fraction of sp³-hybridized carbons (Fsp3) is 0.405. The monoisotopic (exact) mass is 733 g/mol. The zero-order valence-corrected chi connectivity index (χ0v) is 28.7. The number of hydrogen-bond acceptors (Lipinski definition) is 9. The summed E-state index contributed by atoms with van der Waals surface area (Å²) in [5.41, 5.74) is -3.14. The predicted octanol–water partition coefficient (Wildman–Crippen LogP) is 7.65. The molecule has 0 saturated heterocycles. The highest BCUT2D eigenvalue weighted by Gasteiger charge is 2.62. The zero-order chi connectivity index (χ0) is 38.2. The van der Waals surface area contributed by atoms with E-state index >= 15 is 0 Å². The van der Waals surface area contributed by atoms with Crippen LogP contribution in [0, 0.1) is 24.4 Å². The molecule has 1 saturated carbocycles. The predicted molar refractivity (Wildman–Crippen MR) is 177 cm³/mol. The summed E-state index contributed by atoms with van der Waals surface area (Å²) in [5.74, 6) is -4.79. The molecule has 15 heteroatoms. The molecule has 9 nitrogen and oxygen atoms in total. The maximum atomic E-state index is 14.3. The van der Waals surface area contributed by atoms with Crippen molar-refractivity contribution in [2.45, 2.75) is 82.0 Å². The third-order valence-electron chi connectivity index (χ3n) is 9.62. The minimum Gasteiger partial charge on any atom is -0.505 e. The largest absolute Gasteiger partial charge is 0.505 e. The van der Waals surface area contributed by atoms with Gasteiger partial charge in [0.2, 0.25) is 5.78 Å². The number of phenols is 1. The molecule has 2 aliphatic carbocycles. The van der Waals surface area contributed by atoms with Gasteiger partial charge in [0.05, 0.1) is 25.3 Å². The van der Waals surface area contributed by atoms with E-state index in [9.17, 15) is 46.1 Å². The molecule has 0 amide bonds. The Morgan fingerprint density at radius 3 is 2.38 bits per heavy atom. The molecular weight excluding hydrogens is 696 g/mol. The van der Waals surface area contributed by atoms with E-state index in [4.69, 9.17) is 9.47 Å². The minimum atomic E-state index is -5.07. The zero-order valence-electron chi connectivity index (χ0n) is 28.7. The highest BCUT2D eigenvalue weighted by atomic mass is 19.4. The van der Waals surface area contributed by atoms with E-state index in [1.807, 2.05) is 0 Å². The van der Waals surface area contributed by atoms with Crippen molar-refractivity contribution in [1.82, 2.24) is 9.97 Å². The molecule has 0 radical (unpaired) electrons. The molecule has 1 aromatic heterocycles. The molecule has 2 aliphatic rings. The van der Waals surface area contributed by atoms with E-state index in [0.29, 0.717) is 11.4 Å². The number of aryl methyl sites for hydroxylation is 1. The quantitative estimate of drug-likeness (QED) is 0.0902. The molecule has 0 bridgehead atoms. The molecule has 0 spiro atoms. The number of nitrogens with zero attached hydrogens (tertiary/aromatic N) is 2. The van der Waals surface area contributed by atoms with Gasteiger partial charge in [-0.1, -0.05) is 25.1 Å². The number of Topliss-reactive ketones (excluding diaryl/α,β-unsaturated/α-hetero) is 1. The van der Waals surface area contributed by atoms with Crippen molar-refractivity contribution in [3.8, 4) is 11.5 Å². The van der Waals surface area contributed by atoms with Gasteiger partial charge in [-0.05, 0) is 69.2 Å². The first kappa shape index (κ1) is 38.3. The normalized spacial score (nSPS) is 20.3. The summed E-state index contributed by atoms with van der Waals surface area (Å²) in [6.07, 6.45) is -2.91. The summed E-state index contributed by atoms with van der Waals surface area (Å²) in [6, 6.07) is 6.83. The molecule has 0 unspecified atom stereocenters. The summed E-state index contributed by atoms with van der Waals surface area (Å²) in [7, 11) is 1.39. The number of hydrogen-bond donors (Lipinski definition) is 3. The number of phenolic OH excluding ortho intramolecular Hbond substituents is 1. The smallest absolute Gasteiger partial charge is 0.419 e. The second-order valence-corrected chi connectivity index (χ2v) is 12.9. The van der Waals surface area contributed by atoms with E-state index in [-0.39, 0.29) is 52.9 Å². The minimum absolute atomic E-state index is 0.00766. The standard InChI is InChI=1S/C22H20F5N3O2.C15H17FO4/c1-3-11-8-21(32,22(25,26)27)20(13-4-5-15(24)19(31)18(11)13)30-17-7-12(23)6-16-14(17)9-28-10(2)29-16;1-3-20-14(18)12(17)9-15(7-8-15)10-5-4-6-11(16)13(10)19-2/h4-7,9,11,20,30-32H,3,8H2,1-2H3;4-6H,3,7-9H2,1-2H3/t11-,20+,21-;/m0./s1. The number of rotatable bonds is 9. The average molecular weight is 734 g/mol. The SMILES string of the molecule is CCOC(=O)C(=O)CC1(c2cccc(F)c2OC)CC1.CC[C@H]1C[C@@](O)(C(F)(F)F)[C@H](Nc2cc(F)cc3nc(C)ncc23)c2ccc(F)c(O)c21. The summed E-state index contributed by atoms with van der Waals surface area (Å²) in [5, 5.41) is 24.1. The van der Waals surface area contributed by atoms with Crippen LogP contribution in [0.3, 0.4) is 0 Å². The number of ketones is 1. The Balaban J connectivity index is 0.000000225. The molecule has 3 aromatic carbocycles. The van der Waals surface area contributed by atoms with Gasteiger partial charge in [-0.15, -0.1) is 0 Å². The number of esters is 1. The lowest BCUT2D eigenvalue weighted by molar-refractivity contribution is -0.272. The highest BCUT2D eigenvalue weighted by Crippen LogP contribution is 2.56. The van der Waals surface area contributed by atoms with Crippen molar-refractivity contribution in [3.05, 3.63) is 88.6 Å². The van der Waals surface area contributed by atoms with Crippen LogP contribution in [0.2, 0.25) is 0 Å². The second-order valence-electron chi connectivity index (χ2n) is 12.9. The van der Waals surface area contributed by atoms with Crippen molar-refractivity contribution >= 4 is 28.3 Å². The lowest BCUT2D eigenvalue weighted by Gasteiger charge is -2.45. The number of benzene rings is 3. The number of nitrogens with one attached hydrogen (secondary N) is 1. The van der Waals surface area contributed by atoms with Crippen molar-refractivity contribution < 1.29 is 55.6 Å². The number of carbonyl (C=O) groups is 2. The molecule has 3 N–H and O–H groups in total. The molecular formula is C37H37F6N3O6. The maximum absolute atomic E-state index is 14.3. The van der Waals surface area contributed by atoms with Crippen molar-refractivity contribution in [3.63, 3.8) is 0 Å². The highest BCUT2D eigenvalue weighted by molar-refractivity contribution is 6.34. The first-order valence-corrected chi connectivity index (χ1v) is 16.5. The second kappa shape index (κ2) is 14.6. The van der Waals surface area contributed by atoms with Gasteiger partial charge in [0.1, 0.15) is 11.6 Å². The van der Waals surface area contributed by atoms with E-state index in [0.717, 1.165) is 37.1 Å². The van der Waals surface area contributed by atoms with Crippen molar-refractivity contribution in [1.29, 1.82) is 0 Å². The van der Waals surface area contributed by atoms with Crippen LogP contribution in [-0.4, -0.2) is 57.4 Å². The summed E-state index contributed by atoms with van der Waals surface area (Å²) in [4.78, 5) is 31.4. The Bertz CT molecular complexity index is 2000. The van der Waals surface area contributed by atoms with Crippen LogP contribution >= 0.6 is 0 Å². The van der Waals surface area contributed by atoms with Crippen LogP contribution in [0.25, 0.3) is 10.9 Å². The van der Waals surface area contributed by atoms with Crippen LogP contribution in [0.4, 0.5) is 32.0 Å². The number of fused-ring (bicyclic) bond motifs is 2. The topological polar surface area (TPSA) is 131 Å². The van der Waals surface area contributed by atoms with Gasteiger partial charge >= 0.3 is 12.1 Å². The van der Waals surface area contributed by atoms with Crippen LogP contribution in [0.15, 0.2) is 48.7 Å². The van der Waals surface area contributed by atoms with Crippen LogP contribution in [0.5, 0.6) is 11.5 Å². The number of anilines is 1. The number of halogens is 6. The Morgan fingerprint density at radius 1 is 1.06 bits per heavy atom. The first-order chi connectivity index (χ1) is 24.5. The van der Waals surface area contributed by atoms with Crippen molar-refractivity contribution in [2.24, 2.45) is 0 Å². The van der Waals surface area contributed by atoms with E-state index in [1.54, 1.807) is 32.9 Å². The number of aliphatic hydroxyl groups is 1. The van der Waals surface area contributed by atoms with Gasteiger partial charge in [0.15, 0.2) is 28.7 Å². The van der Waals surface area contributed by atoms with Crippen LogP contribution < -0.4 is 10.1 Å². The number of alkyl halides is 3. The van der Waals surface area contributed by atoms with Crippen LogP contribution in [0.1, 0.15) is 80.4 Å². The number of carbonyl (C=O) groups excluding carboxylic acids is 2.